The molecule has 0 fully saturated rings. The maximum absolute atomic E-state index is 12.3. The largest absolute Gasteiger partial charge is 0.507 e. The van der Waals surface area contributed by atoms with Crippen molar-refractivity contribution in [1.82, 2.24) is 5.32 Å². The van der Waals surface area contributed by atoms with E-state index in [0.29, 0.717) is 22.1 Å². The third-order valence-corrected chi connectivity index (χ3v) is 4.52. The lowest BCUT2D eigenvalue weighted by Crippen LogP contribution is -2.31. The number of rotatable bonds is 5. The van der Waals surface area contributed by atoms with E-state index in [1.54, 1.807) is 50.2 Å². The standard InChI is InChI=1S/C21H21NO5/c1-12-8-16(23)20-13(2)15(21(26)27-18(20)9-12)10-19(25)22-11-17(24)14-6-4-3-5-7-14/h3-9,17,23-24H,10-11H2,1-2H3,(H,22,25). The molecule has 1 aromatic heterocycles. The Kier molecular flexibility index (Phi) is 5.28. The van der Waals surface area contributed by atoms with Gasteiger partial charge in [-0.25, -0.2) is 4.79 Å². The summed E-state index contributed by atoms with van der Waals surface area (Å²) in [5.74, 6) is -0.404. The SMILES string of the molecule is Cc1cc(O)c2c(C)c(CC(=O)NCC(O)c3ccccc3)c(=O)oc2c1. The van der Waals surface area contributed by atoms with Crippen LogP contribution in [0.2, 0.25) is 0 Å². The first-order valence-electron chi connectivity index (χ1n) is 8.62. The minimum absolute atomic E-state index is 0.00686. The molecule has 3 N–H and O–H groups in total. The summed E-state index contributed by atoms with van der Waals surface area (Å²) in [5.41, 5.74) is 1.84. The number of carbonyl (C=O) groups is 1. The summed E-state index contributed by atoms with van der Waals surface area (Å²) >= 11 is 0. The third kappa shape index (κ3) is 4.01. The van der Waals surface area contributed by atoms with Crippen LogP contribution in [-0.4, -0.2) is 22.7 Å². The Bertz CT molecular complexity index is 1040. The molecule has 140 valence electrons. The van der Waals surface area contributed by atoms with E-state index in [1.165, 1.54) is 0 Å². The predicted octanol–water partition coefficient (Wildman–Crippen LogP) is 2.51. The summed E-state index contributed by atoms with van der Waals surface area (Å²) in [6.07, 6.45) is -1.03. The van der Waals surface area contributed by atoms with E-state index in [-0.39, 0.29) is 24.3 Å². The Hall–Kier alpha value is -3.12. The zero-order valence-electron chi connectivity index (χ0n) is 15.2. The minimum atomic E-state index is -0.837. The topological polar surface area (TPSA) is 99.8 Å². The highest BCUT2D eigenvalue weighted by atomic mass is 16.4. The second-order valence-corrected chi connectivity index (χ2v) is 6.56. The van der Waals surface area contributed by atoms with Gasteiger partial charge >= 0.3 is 5.63 Å². The number of aliphatic hydroxyl groups excluding tert-OH is 1. The number of fused-ring (bicyclic) bond motifs is 1. The number of hydrogen-bond acceptors (Lipinski definition) is 5. The van der Waals surface area contributed by atoms with Crippen molar-refractivity contribution in [3.63, 3.8) is 0 Å². The zero-order valence-corrected chi connectivity index (χ0v) is 15.2. The lowest BCUT2D eigenvalue weighted by atomic mass is 10.0. The first-order chi connectivity index (χ1) is 12.9. The normalized spacial score (nSPS) is 12.1. The first kappa shape index (κ1) is 18.7. The second kappa shape index (κ2) is 7.63. The number of nitrogens with one attached hydrogen (secondary N) is 1. The van der Waals surface area contributed by atoms with Gasteiger partial charge in [0.2, 0.25) is 5.91 Å². The van der Waals surface area contributed by atoms with Crippen LogP contribution in [0.25, 0.3) is 11.0 Å². The number of phenolic OH excluding ortho intramolecular Hbond substituents is 1. The van der Waals surface area contributed by atoms with E-state index in [9.17, 15) is 19.8 Å². The van der Waals surface area contributed by atoms with Crippen molar-refractivity contribution in [3.8, 4) is 5.75 Å². The molecule has 6 heteroatoms. The van der Waals surface area contributed by atoms with Gasteiger partial charge in [-0.2, -0.15) is 0 Å². The molecular formula is C21H21NO5. The van der Waals surface area contributed by atoms with Crippen molar-refractivity contribution in [1.29, 1.82) is 0 Å². The van der Waals surface area contributed by atoms with Gasteiger partial charge in [-0.15, -0.1) is 0 Å². The van der Waals surface area contributed by atoms with E-state index in [2.05, 4.69) is 5.32 Å². The van der Waals surface area contributed by atoms with Crippen LogP contribution in [0.3, 0.4) is 0 Å². The zero-order chi connectivity index (χ0) is 19.6. The third-order valence-electron chi connectivity index (χ3n) is 4.52. The highest BCUT2D eigenvalue weighted by Gasteiger charge is 2.18. The first-order valence-corrected chi connectivity index (χ1v) is 8.62. The average Bonchev–Trinajstić information content (AvgIpc) is 2.63. The Balaban J connectivity index is 1.78. The van der Waals surface area contributed by atoms with Crippen molar-refractivity contribution < 1.29 is 19.4 Å². The predicted molar refractivity (Wildman–Crippen MR) is 102 cm³/mol. The maximum Gasteiger partial charge on any atom is 0.340 e. The summed E-state index contributed by atoms with van der Waals surface area (Å²) in [6.45, 7) is 3.49. The van der Waals surface area contributed by atoms with E-state index in [0.717, 1.165) is 5.56 Å². The number of aryl methyl sites for hydroxylation is 2. The Morgan fingerprint density at radius 2 is 1.89 bits per heavy atom. The highest BCUT2D eigenvalue weighted by Crippen LogP contribution is 2.29. The van der Waals surface area contributed by atoms with Crippen LogP contribution in [0.4, 0.5) is 0 Å². The molecule has 0 bridgehead atoms. The number of aromatic hydroxyl groups is 1. The number of amides is 1. The summed E-state index contributed by atoms with van der Waals surface area (Å²) in [5, 5.41) is 23.4. The van der Waals surface area contributed by atoms with Gasteiger partial charge in [-0.1, -0.05) is 30.3 Å². The van der Waals surface area contributed by atoms with E-state index in [4.69, 9.17) is 4.42 Å². The fourth-order valence-corrected chi connectivity index (χ4v) is 3.09. The van der Waals surface area contributed by atoms with E-state index in [1.807, 2.05) is 6.07 Å². The Labute approximate surface area is 156 Å². The monoisotopic (exact) mass is 367 g/mol. The van der Waals surface area contributed by atoms with Crippen LogP contribution in [0, 0.1) is 13.8 Å². The number of hydrogen-bond donors (Lipinski definition) is 3. The minimum Gasteiger partial charge on any atom is -0.507 e. The summed E-state index contributed by atoms with van der Waals surface area (Å²) in [7, 11) is 0. The van der Waals surface area contributed by atoms with Crippen LogP contribution >= 0.6 is 0 Å². The average molecular weight is 367 g/mol. The van der Waals surface area contributed by atoms with Crippen molar-refractivity contribution >= 4 is 16.9 Å². The molecule has 1 atom stereocenters. The fourth-order valence-electron chi connectivity index (χ4n) is 3.09. The van der Waals surface area contributed by atoms with Crippen molar-refractivity contribution in [2.45, 2.75) is 26.4 Å². The fraction of sp³-hybridized carbons (Fsp3) is 0.238. The molecule has 0 aliphatic carbocycles. The van der Waals surface area contributed by atoms with Gasteiger partial charge in [0.15, 0.2) is 0 Å². The number of aliphatic hydroxyl groups is 1. The summed E-state index contributed by atoms with van der Waals surface area (Å²) in [4.78, 5) is 24.6. The van der Waals surface area contributed by atoms with Crippen LogP contribution in [-0.2, 0) is 11.2 Å². The molecule has 0 saturated heterocycles. The number of phenols is 1. The summed E-state index contributed by atoms with van der Waals surface area (Å²) in [6, 6.07) is 12.2. The highest BCUT2D eigenvalue weighted by molar-refractivity contribution is 5.89. The van der Waals surface area contributed by atoms with Crippen molar-refractivity contribution in [3.05, 3.63) is 75.1 Å². The molecule has 2 aromatic carbocycles. The van der Waals surface area contributed by atoms with Gasteiger partial charge in [0.05, 0.1) is 23.5 Å². The lowest BCUT2D eigenvalue weighted by Gasteiger charge is -2.13. The smallest absolute Gasteiger partial charge is 0.340 e. The van der Waals surface area contributed by atoms with Gasteiger partial charge in [0.1, 0.15) is 11.3 Å². The Morgan fingerprint density at radius 3 is 2.59 bits per heavy atom. The van der Waals surface area contributed by atoms with Crippen LogP contribution < -0.4 is 10.9 Å². The molecule has 1 amide bonds. The quantitative estimate of drug-likeness (QED) is 0.602. The molecule has 0 radical (unpaired) electrons. The van der Waals surface area contributed by atoms with Crippen molar-refractivity contribution in [2.75, 3.05) is 6.54 Å². The summed E-state index contributed by atoms with van der Waals surface area (Å²) < 4.78 is 5.29. The van der Waals surface area contributed by atoms with E-state index >= 15 is 0 Å². The molecule has 1 heterocycles. The number of benzene rings is 2. The van der Waals surface area contributed by atoms with Gasteiger partial charge in [0.25, 0.3) is 0 Å². The number of carbonyl (C=O) groups excluding carboxylic acids is 1. The second-order valence-electron chi connectivity index (χ2n) is 6.56. The van der Waals surface area contributed by atoms with Gasteiger partial charge in [0, 0.05) is 6.54 Å². The van der Waals surface area contributed by atoms with Crippen LogP contribution in [0.5, 0.6) is 5.75 Å². The van der Waals surface area contributed by atoms with E-state index < -0.39 is 17.6 Å². The molecular weight excluding hydrogens is 346 g/mol. The maximum atomic E-state index is 12.3. The molecule has 6 nitrogen and oxygen atoms in total. The van der Waals surface area contributed by atoms with Crippen molar-refractivity contribution in [2.24, 2.45) is 0 Å². The molecule has 0 aliphatic heterocycles. The molecule has 3 aromatic rings. The molecule has 0 saturated carbocycles. The molecule has 27 heavy (non-hydrogen) atoms. The Morgan fingerprint density at radius 1 is 1.19 bits per heavy atom. The van der Waals surface area contributed by atoms with Crippen LogP contribution in [0.1, 0.15) is 28.4 Å². The van der Waals surface area contributed by atoms with Gasteiger partial charge in [-0.05, 0) is 42.7 Å². The van der Waals surface area contributed by atoms with Crippen LogP contribution in [0.15, 0.2) is 51.7 Å². The molecule has 1 unspecified atom stereocenters. The molecule has 0 spiro atoms. The molecule has 3 rings (SSSR count). The lowest BCUT2D eigenvalue weighted by molar-refractivity contribution is -0.120. The molecule has 0 aliphatic rings. The van der Waals surface area contributed by atoms with Gasteiger partial charge < -0.3 is 19.9 Å². The van der Waals surface area contributed by atoms with Gasteiger partial charge in [-0.3, -0.25) is 4.79 Å².